The molecule has 1 saturated heterocycles. The van der Waals surface area contributed by atoms with Crippen LogP contribution in [0.5, 0.6) is 0 Å². The number of piperidine rings is 1. The number of rotatable bonds is 6. The number of hydrogen-bond donors (Lipinski definition) is 1. The van der Waals surface area contributed by atoms with Gasteiger partial charge in [-0.1, -0.05) is 32.6 Å². The molecule has 0 bridgehead atoms. The molecule has 4 heteroatoms. The summed E-state index contributed by atoms with van der Waals surface area (Å²) in [4.78, 5) is 13.6. The third-order valence-electron chi connectivity index (χ3n) is 3.73. The SMILES string of the molecule is C=C(/C=C\CC)COC(=O)N1CCC(C(O)CC)CC1. The van der Waals surface area contributed by atoms with Gasteiger partial charge in [0.25, 0.3) is 0 Å². The average Bonchev–Trinajstić information content (AvgIpc) is 2.49. The monoisotopic (exact) mass is 281 g/mol. The van der Waals surface area contributed by atoms with Crippen LogP contribution in [0.2, 0.25) is 0 Å². The zero-order valence-electron chi connectivity index (χ0n) is 12.7. The van der Waals surface area contributed by atoms with Gasteiger partial charge in [0.2, 0.25) is 0 Å². The van der Waals surface area contributed by atoms with Gasteiger partial charge in [-0.25, -0.2) is 4.79 Å². The first-order chi connectivity index (χ1) is 9.58. The highest BCUT2D eigenvalue weighted by Crippen LogP contribution is 2.22. The number of aliphatic hydroxyl groups excluding tert-OH is 1. The van der Waals surface area contributed by atoms with E-state index in [1.165, 1.54) is 0 Å². The lowest BCUT2D eigenvalue weighted by molar-refractivity contribution is 0.0483. The Morgan fingerprint density at radius 1 is 1.45 bits per heavy atom. The maximum absolute atomic E-state index is 11.9. The number of carbonyl (C=O) groups is 1. The van der Waals surface area contributed by atoms with Gasteiger partial charge in [-0.05, 0) is 37.2 Å². The summed E-state index contributed by atoms with van der Waals surface area (Å²) < 4.78 is 5.24. The second kappa shape index (κ2) is 8.80. The summed E-state index contributed by atoms with van der Waals surface area (Å²) in [6, 6.07) is 0. The van der Waals surface area contributed by atoms with E-state index >= 15 is 0 Å². The van der Waals surface area contributed by atoms with Crippen molar-refractivity contribution in [1.82, 2.24) is 4.90 Å². The third kappa shape index (κ3) is 5.37. The van der Waals surface area contributed by atoms with E-state index in [0.717, 1.165) is 31.3 Å². The van der Waals surface area contributed by atoms with Crippen LogP contribution in [-0.4, -0.2) is 41.9 Å². The minimum atomic E-state index is -0.277. The summed E-state index contributed by atoms with van der Waals surface area (Å²) in [7, 11) is 0. The molecule has 1 fully saturated rings. The normalized spacial score (nSPS) is 18.2. The number of nitrogens with zero attached hydrogens (tertiary/aromatic N) is 1. The lowest BCUT2D eigenvalue weighted by Gasteiger charge is -2.33. The second-order valence-electron chi connectivity index (χ2n) is 5.32. The molecule has 1 rings (SSSR count). The lowest BCUT2D eigenvalue weighted by atomic mass is 9.90. The topological polar surface area (TPSA) is 49.8 Å². The van der Waals surface area contributed by atoms with Crippen LogP contribution in [0.4, 0.5) is 4.79 Å². The molecule has 1 unspecified atom stereocenters. The van der Waals surface area contributed by atoms with Crippen LogP contribution >= 0.6 is 0 Å². The fourth-order valence-corrected chi connectivity index (χ4v) is 2.38. The Kier molecular flexibility index (Phi) is 7.37. The standard InChI is InChI=1S/C16H27NO3/c1-4-6-7-13(3)12-20-16(19)17-10-8-14(9-11-17)15(18)5-2/h6-7,14-15,18H,3-5,8-12H2,1-2H3/b7-6-. The molecule has 1 amide bonds. The highest BCUT2D eigenvalue weighted by Gasteiger charge is 2.27. The Morgan fingerprint density at radius 3 is 2.65 bits per heavy atom. The minimum Gasteiger partial charge on any atom is -0.445 e. The summed E-state index contributed by atoms with van der Waals surface area (Å²) in [5.41, 5.74) is 0.802. The van der Waals surface area contributed by atoms with Gasteiger partial charge in [0.05, 0.1) is 6.10 Å². The van der Waals surface area contributed by atoms with E-state index in [1.807, 2.05) is 26.0 Å². The fraction of sp³-hybridized carbons (Fsp3) is 0.688. The Labute approximate surface area is 122 Å². The molecular formula is C16H27NO3. The molecule has 0 saturated carbocycles. The first kappa shape index (κ1) is 16.8. The zero-order valence-corrected chi connectivity index (χ0v) is 12.7. The third-order valence-corrected chi connectivity index (χ3v) is 3.73. The summed E-state index contributed by atoms with van der Waals surface area (Å²) in [6.45, 7) is 9.45. The molecule has 114 valence electrons. The number of hydrogen-bond acceptors (Lipinski definition) is 3. The minimum absolute atomic E-state index is 0.243. The van der Waals surface area contributed by atoms with Crippen LogP contribution in [0, 0.1) is 5.92 Å². The number of amides is 1. The second-order valence-corrected chi connectivity index (χ2v) is 5.32. The first-order valence-electron chi connectivity index (χ1n) is 7.52. The van der Waals surface area contributed by atoms with Crippen molar-refractivity contribution in [3.63, 3.8) is 0 Å². The largest absolute Gasteiger partial charge is 0.445 e. The van der Waals surface area contributed by atoms with Crippen LogP contribution < -0.4 is 0 Å². The average molecular weight is 281 g/mol. The molecule has 0 aromatic heterocycles. The molecule has 1 heterocycles. The quantitative estimate of drug-likeness (QED) is 0.761. The smallest absolute Gasteiger partial charge is 0.410 e. The van der Waals surface area contributed by atoms with Crippen LogP contribution in [0.25, 0.3) is 0 Å². The van der Waals surface area contributed by atoms with E-state index in [2.05, 4.69) is 6.58 Å². The van der Waals surface area contributed by atoms with Crippen molar-refractivity contribution in [2.24, 2.45) is 5.92 Å². The van der Waals surface area contributed by atoms with E-state index in [1.54, 1.807) is 4.90 Å². The molecule has 20 heavy (non-hydrogen) atoms. The number of carbonyl (C=O) groups excluding carboxylic acids is 1. The van der Waals surface area contributed by atoms with Crippen LogP contribution in [0.1, 0.15) is 39.5 Å². The maximum atomic E-state index is 11.9. The van der Waals surface area contributed by atoms with Gasteiger partial charge in [0.15, 0.2) is 0 Å². The summed E-state index contributed by atoms with van der Waals surface area (Å²) in [5.74, 6) is 0.312. The van der Waals surface area contributed by atoms with Gasteiger partial charge in [0, 0.05) is 13.1 Å². The summed E-state index contributed by atoms with van der Waals surface area (Å²) in [6.07, 6.45) is 6.78. The molecule has 1 aliphatic heterocycles. The number of aliphatic hydroxyl groups is 1. The molecular weight excluding hydrogens is 254 g/mol. The molecule has 0 radical (unpaired) electrons. The van der Waals surface area contributed by atoms with E-state index in [-0.39, 0.29) is 18.8 Å². The Bertz CT molecular complexity index is 344. The van der Waals surface area contributed by atoms with E-state index in [0.29, 0.717) is 19.0 Å². The lowest BCUT2D eigenvalue weighted by Crippen LogP contribution is -2.41. The summed E-state index contributed by atoms with van der Waals surface area (Å²) >= 11 is 0. The van der Waals surface area contributed by atoms with Gasteiger partial charge in [0.1, 0.15) is 6.61 Å². The highest BCUT2D eigenvalue weighted by molar-refractivity contribution is 5.68. The van der Waals surface area contributed by atoms with Crippen molar-refractivity contribution >= 4 is 6.09 Å². The molecule has 1 N–H and O–H groups in total. The van der Waals surface area contributed by atoms with Gasteiger partial charge < -0.3 is 14.7 Å². The zero-order chi connectivity index (χ0) is 15.0. The molecule has 0 aromatic rings. The number of allylic oxidation sites excluding steroid dienone is 1. The van der Waals surface area contributed by atoms with Crippen LogP contribution in [0.3, 0.4) is 0 Å². The summed E-state index contributed by atoms with van der Waals surface area (Å²) in [5, 5.41) is 9.81. The van der Waals surface area contributed by atoms with Gasteiger partial charge >= 0.3 is 6.09 Å². The first-order valence-corrected chi connectivity index (χ1v) is 7.52. The van der Waals surface area contributed by atoms with Gasteiger partial charge in [-0.3, -0.25) is 0 Å². The van der Waals surface area contributed by atoms with Crippen LogP contribution in [0.15, 0.2) is 24.3 Å². The Hall–Kier alpha value is -1.29. The van der Waals surface area contributed by atoms with Crippen LogP contribution in [-0.2, 0) is 4.74 Å². The van der Waals surface area contributed by atoms with Crippen molar-refractivity contribution in [2.75, 3.05) is 19.7 Å². The number of ether oxygens (including phenoxy) is 1. The molecule has 0 aromatic carbocycles. The van der Waals surface area contributed by atoms with Gasteiger partial charge in [-0.15, -0.1) is 0 Å². The van der Waals surface area contributed by atoms with Crippen molar-refractivity contribution in [3.05, 3.63) is 24.3 Å². The van der Waals surface area contributed by atoms with Crippen molar-refractivity contribution in [3.8, 4) is 0 Å². The molecule has 1 atom stereocenters. The molecule has 4 nitrogen and oxygen atoms in total. The Balaban J connectivity index is 2.29. The van der Waals surface area contributed by atoms with Crippen molar-refractivity contribution < 1.29 is 14.6 Å². The predicted molar refractivity (Wildman–Crippen MR) is 80.5 cm³/mol. The maximum Gasteiger partial charge on any atom is 0.410 e. The van der Waals surface area contributed by atoms with E-state index < -0.39 is 0 Å². The fourth-order valence-electron chi connectivity index (χ4n) is 2.38. The molecule has 1 aliphatic rings. The van der Waals surface area contributed by atoms with E-state index in [9.17, 15) is 9.90 Å². The molecule has 0 spiro atoms. The van der Waals surface area contributed by atoms with E-state index in [4.69, 9.17) is 4.74 Å². The Morgan fingerprint density at radius 2 is 2.10 bits per heavy atom. The molecule has 0 aliphatic carbocycles. The predicted octanol–water partition coefficient (Wildman–Crippen LogP) is 3.13. The van der Waals surface area contributed by atoms with Crippen molar-refractivity contribution in [1.29, 1.82) is 0 Å². The number of likely N-dealkylation sites (tertiary alicyclic amines) is 1. The van der Waals surface area contributed by atoms with Crippen molar-refractivity contribution in [2.45, 2.75) is 45.6 Å². The highest BCUT2D eigenvalue weighted by atomic mass is 16.6. The van der Waals surface area contributed by atoms with Gasteiger partial charge in [-0.2, -0.15) is 0 Å².